The molecule has 0 rings (SSSR count). The molecule has 0 aromatic heterocycles. The molecule has 0 aromatic rings. The molecule has 0 amide bonds. The van der Waals surface area contributed by atoms with Gasteiger partial charge in [0.1, 0.15) is 0 Å². The summed E-state index contributed by atoms with van der Waals surface area (Å²) in [6, 6.07) is 0. The molecule has 0 spiro atoms. The Kier molecular flexibility index (Phi) is 18.8. The first-order chi connectivity index (χ1) is 13.1. The molecular weight excluding hydrogens is 326 g/mol. The Hall–Kier alpha value is -1.11. The fourth-order valence-corrected chi connectivity index (χ4v) is 2.84. The largest absolute Gasteiger partial charge is 0.292 e. The maximum absolute atomic E-state index is 4.50. The number of aliphatic imine (C=N–C) groups is 1. The van der Waals surface area contributed by atoms with Crippen molar-refractivity contribution in [1.29, 1.82) is 0 Å². The zero-order valence-electron chi connectivity index (χ0n) is 18.9. The van der Waals surface area contributed by atoms with Gasteiger partial charge in [-0.2, -0.15) is 0 Å². The zero-order valence-corrected chi connectivity index (χ0v) is 18.9. The van der Waals surface area contributed by atoms with Crippen LogP contribution in [0.15, 0.2) is 41.4 Å². The highest BCUT2D eigenvalue weighted by Crippen LogP contribution is 2.09. The van der Waals surface area contributed by atoms with Crippen LogP contribution in [0.3, 0.4) is 0 Å². The fourth-order valence-electron chi connectivity index (χ4n) is 2.84. The van der Waals surface area contributed by atoms with Gasteiger partial charge < -0.3 is 0 Å². The Balaban J connectivity index is 3.28. The lowest BCUT2D eigenvalue weighted by molar-refractivity contribution is 0.585. The molecule has 0 radical (unpaired) electrons. The summed E-state index contributed by atoms with van der Waals surface area (Å²) in [6.45, 7) is 8.63. The molecule has 0 aliphatic heterocycles. The molecule has 0 bridgehead atoms. The van der Waals surface area contributed by atoms with Crippen molar-refractivity contribution in [3.63, 3.8) is 0 Å². The fraction of sp³-hybridized carbons (Fsp3) is 0.731. The predicted octanol–water partition coefficient (Wildman–Crippen LogP) is 9.01. The molecule has 0 aromatic carbocycles. The van der Waals surface area contributed by atoms with Crippen LogP contribution >= 0.6 is 0 Å². The van der Waals surface area contributed by atoms with Crippen LogP contribution in [0.5, 0.6) is 0 Å². The highest BCUT2D eigenvalue weighted by molar-refractivity contribution is 5.57. The van der Waals surface area contributed by atoms with Crippen LogP contribution < -0.4 is 0 Å². The van der Waals surface area contributed by atoms with E-state index < -0.39 is 0 Å². The minimum atomic E-state index is 0.0724. The number of unbranched alkanes of at least 4 members (excludes halogenated alkanes) is 10. The normalized spacial score (nSPS) is 13.2. The minimum Gasteiger partial charge on any atom is -0.292 e. The molecule has 1 heteroatoms. The lowest BCUT2D eigenvalue weighted by Crippen LogP contribution is -2.09. The SMILES string of the molecule is CC/C=C\CCCCCCC/C=C\CCCC/C=C\CC/C=N/C(C)(C)C. The Morgan fingerprint density at radius 2 is 0.926 bits per heavy atom. The molecule has 156 valence electrons. The summed E-state index contributed by atoms with van der Waals surface area (Å²) in [5, 5.41) is 0. The predicted molar refractivity (Wildman–Crippen MR) is 126 cm³/mol. The second kappa shape index (κ2) is 19.6. The van der Waals surface area contributed by atoms with Crippen molar-refractivity contribution in [3.8, 4) is 0 Å². The monoisotopic (exact) mass is 373 g/mol. The van der Waals surface area contributed by atoms with Gasteiger partial charge in [0, 0.05) is 0 Å². The van der Waals surface area contributed by atoms with Crippen LogP contribution in [0.2, 0.25) is 0 Å². The quantitative estimate of drug-likeness (QED) is 0.137. The molecule has 0 aliphatic rings. The molecule has 27 heavy (non-hydrogen) atoms. The molecule has 1 nitrogen and oxygen atoms in total. The summed E-state index contributed by atoms with van der Waals surface area (Å²) in [4.78, 5) is 4.50. The third-order valence-corrected chi connectivity index (χ3v) is 4.41. The van der Waals surface area contributed by atoms with E-state index in [1.54, 1.807) is 0 Å². The Morgan fingerprint density at radius 1 is 0.519 bits per heavy atom. The molecule has 0 aliphatic carbocycles. The molecule has 0 heterocycles. The van der Waals surface area contributed by atoms with E-state index in [1.165, 1.54) is 77.0 Å². The number of nitrogens with zero attached hydrogens (tertiary/aromatic N) is 1. The second-order valence-corrected chi connectivity index (χ2v) is 8.51. The van der Waals surface area contributed by atoms with Gasteiger partial charge in [-0.3, -0.25) is 4.99 Å². The Bertz CT molecular complexity index is 406. The van der Waals surface area contributed by atoms with E-state index in [9.17, 15) is 0 Å². The van der Waals surface area contributed by atoms with Gasteiger partial charge in [-0.15, -0.1) is 0 Å². The highest BCUT2D eigenvalue weighted by Gasteiger charge is 2.03. The lowest BCUT2D eigenvalue weighted by atomic mass is 10.1. The highest BCUT2D eigenvalue weighted by atomic mass is 14.8. The topological polar surface area (TPSA) is 12.4 Å². The average molecular weight is 374 g/mol. The Labute approximate surface area is 171 Å². The summed E-state index contributed by atoms with van der Waals surface area (Å²) < 4.78 is 0. The smallest absolute Gasteiger partial charge is 0.0520 e. The van der Waals surface area contributed by atoms with E-state index in [-0.39, 0.29) is 5.54 Å². The van der Waals surface area contributed by atoms with E-state index >= 15 is 0 Å². The van der Waals surface area contributed by atoms with Gasteiger partial charge in [-0.05, 0) is 97.6 Å². The van der Waals surface area contributed by atoms with Crippen molar-refractivity contribution in [3.05, 3.63) is 36.5 Å². The van der Waals surface area contributed by atoms with Crippen LogP contribution in [-0.2, 0) is 0 Å². The van der Waals surface area contributed by atoms with Gasteiger partial charge in [0.05, 0.1) is 5.54 Å². The number of hydrogen-bond donors (Lipinski definition) is 0. The first kappa shape index (κ1) is 25.9. The van der Waals surface area contributed by atoms with Gasteiger partial charge in [0.2, 0.25) is 0 Å². The van der Waals surface area contributed by atoms with Crippen LogP contribution in [0.1, 0.15) is 118 Å². The van der Waals surface area contributed by atoms with Crippen molar-refractivity contribution in [2.24, 2.45) is 4.99 Å². The molecular formula is C26H47N. The maximum Gasteiger partial charge on any atom is 0.0520 e. The van der Waals surface area contributed by atoms with Crippen LogP contribution in [0.4, 0.5) is 0 Å². The molecule has 0 atom stereocenters. The van der Waals surface area contributed by atoms with Crippen molar-refractivity contribution in [1.82, 2.24) is 0 Å². The van der Waals surface area contributed by atoms with Crippen LogP contribution in [0, 0.1) is 0 Å². The van der Waals surface area contributed by atoms with Crippen molar-refractivity contribution < 1.29 is 0 Å². The number of allylic oxidation sites excluding steroid dienone is 6. The first-order valence-electron chi connectivity index (χ1n) is 11.5. The summed E-state index contributed by atoms with van der Waals surface area (Å²) in [5.74, 6) is 0. The van der Waals surface area contributed by atoms with Crippen LogP contribution in [-0.4, -0.2) is 11.8 Å². The summed E-state index contributed by atoms with van der Waals surface area (Å²) in [5.41, 5.74) is 0.0724. The molecule has 0 fully saturated rings. The van der Waals surface area contributed by atoms with E-state index in [1.807, 2.05) is 0 Å². The number of rotatable bonds is 17. The van der Waals surface area contributed by atoms with Gasteiger partial charge in [-0.25, -0.2) is 0 Å². The van der Waals surface area contributed by atoms with E-state index in [0.29, 0.717) is 0 Å². The van der Waals surface area contributed by atoms with Gasteiger partial charge in [0.25, 0.3) is 0 Å². The molecule has 0 N–H and O–H groups in total. The van der Waals surface area contributed by atoms with Crippen molar-refractivity contribution >= 4 is 6.21 Å². The third-order valence-electron chi connectivity index (χ3n) is 4.41. The summed E-state index contributed by atoms with van der Waals surface area (Å²) in [7, 11) is 0. The van der Waals surface area contributed by atoms with Gasteiger partial charge in [0.15, 0.2) is 0 Å². The van der Waals surface area contributed by atoms with E-state index in [4.69, 9.17) is 0 Å². The van der Waals surface area contributed by atoms with Crippen molar-refractivity contribution in [2.75, 3.05) is 0 Å². The summed E-state index contributed by atoms with van der Waals surface area (Å²) >= 11 is 0. The third kappa shape index (κ3) is 24.9. The summed E-state index contributed by atoms with van der Waals surface area (Å²) in [6.07, 6.45) is 34.0. The molecule has 0 unspecified atom stereocenters. The maximum atomic E-state index is 4.50. The van der Waals surface area contributed by atoms with E-state index in [2.05, 4.69) is 75.4 Å². The number of hydrogen-bond acceptors (Lipinski definition) is 1. The Morgan fingerprint density at radius 3 is 1.41 bits per heavy atom. The van der Waals surface area contributed by atoms with E-state index in [0.717, 1.165) is 12.8 Å². The van der Waals surface area contributed by atoms with Crippen molar-refractivity contribution in [2.45, 2.75) is 123 Å². The first-order valence-corrected chi connectivity index (χ1v) is 11.5. The van der Waals surface area contributed by atoms with Gasteiger partial charge in [-0.1, -0.05) is 62.6 Å². The molecule has 0 saturated heterocycles. The standard InChI is InChI=1S/C26H47N/c1-5-6-7-8-9-10-11-12-13-14-15-16-17-18-19-20-21-22-23-24-25-27-26(2,3)4/h6-7,15-16,21-22,25H,5,8-14,17-20,23-24H2,1-4H3/b7-6-,16-15-,22-21-,27-25+. The van der Waals surface area contributed by atoms with Crippen LogP contribution in [0.25, 0.3) is 0 Å². The average Bonchev–Trinajstić information content (AvgIpc) is 2.62. The molecule has 0 saturated carbocycles. The zero-order chi connectivity index (χ0) is 20.1. The minimum absolute atomic E-state index is 0.0724. The second-order valence-electron chi connectivity index (χ2n) is 8.51. The lowest BCUT2D eigenvalue weighted by Gasteiger charge is -2.10. The van der Waals surface area contributed by atoms with Gasteiger partial charge >= 0.3 is 0 Å².